The van der Waals surface area contributed by atoms with Crippen LogP contribution in [-0.2, 0) is 0 Å². The van der Waals surface area contributed by atoms with Crippen molar-refractivity contribution in [2.45, 2.75) is 12.8 Å². The maximum Gasteiger partial charge on any atom is 0.128 e. The first-order chi connectivity index (χ1) is 9.31. The molecule has 0 unspecified atom stereocenters. The van der Waals surface area contributed by atoms with Crippen LogP contribution in [0, 0.1) is 0 Å². The monoisotopic (exact) mass is 259 g/mol. The van der Waals surface area contributed by atoms with Gasteiger partial charge in [0.05, 0.1) is 45.5 Å². The molecule has 2 heterocycles. The molecule has 19 heavy (non-hydrogen) atoms. The summed E-state index contributed by atoms with van der Waals surface area (Å²) in [6, 6.07) is 8.32. The van der Waals surface area contributed by atoms with Crippen molar-refractivity contribution in [2.75, 3.05) is 44.2 Å². The van der Waals surface area contributed by atoms with Gasteiger partial charge in [-0.15, -0.1) is 0 Å². The van der Waals surface area contributed by atoms with Crippen LogP contribution in [0.2, 0.25) is 0 Å². The van der Waals surface area contributed by atoms with Gasteiger partial charge in [0.25, 0.3) is 0 Å². The maximum absolute atomic E-state index is 5.36. The van der Waals surface area contributed by atoms with Crippen LogP contribution >= 0.6 is 0 Å². The molecule has 2 aliphatic rings. The van der Waals surface area contributed by atoms with Crippen LogP contribution in [0.4, 0.5) is 5.69 Å². The van der Waals surface area contributed by atoms with Crippen LogP contribution in [0.15, 0.2) is 37.1 Å². The minimum Gasteiger partial charge on any atom is -0.466 e. The SMILES string of the molecule is C=COc1cccc(N2CC[N+]3(CCCC3)CC2)c1. The molecule has 3 rings (SSSR count). The van der Waals surface area contributed by atoms with Crippen molar-refractivity contribution in [3.63, 3.8) is 0 Å². The molecular weight excluding hydrogens is 236 g/mol. The lowest BCUT2D eigenvalue weighted by atomic mass is 10.2. The van der Waals surface area contributed by atoms with E-state index in [1.807, 2.05) is 6.07 Å². The standard InChI is InChI=1S/C16H23N2O/c1-2-19-16-7-5-6-15(14-16)17-8-12-18(13-9-17)10-3-4-11-18/h2,5-7,14H,1,3-4,8-13H2/q+1. The van der Waals surface area contributed by atoms with Gasteiger partial charge in [0.2, 0.25) is 0 Å². The summed E-state index contributed by atoms with van der Waals surface area (Å²) in [6.07, 6.45) is 4.32. The zero-order valence-electron chi connectivity index (χ0n) is 11.6. The largest absolute Gasteiger partial charge is 0.466 e. The van der Waals surface area contributed by atoms with E-state index in [1.165, 1.54) is 55.5 Å². The summed E-state index contributed by atoms with van der Waals surface area (Å²) in [6.45, 7) is 11.3. The highest BCUT2D eigenvalue weighted by atomic mass is 16.5. The van der Waals surface area contributed by atoms with Crippen molar-refractivity contribution >= 4 is 5.69 Å². The zero-order valence-corrected chi connectivity index (χ0v) is 11.6. The molecule has 0 saturated carbocycles. The summed E-state index contributed by atoms with van der Waals surface area (Å²) in [5.74, 6) is 0.878. The number of quaternary nitrogens is 1. The maximum atomic E-state index is 5.36. The van der Waals surface area contributed by atoms with Gasteiger partial charge in [-0.3, -0.25) is 0 Å². The van der Waals surface area contributed by atoms with E-state index in [9.17, 15) is 0 Å². The molecule has 102 valence electrons. The van der Waals surface area contributed by atoms with Gasteiger partial charge in [-0.05, 0) is 12.1 Å². The Morgan fingerprint density at radius 3 is 2.53 bits per heavy atom. The van der Waals surface area contributed by atoms with Gasteiger partial charge in [-0.2, -0.15) is 0 Å². The normalized spacial score (nSPS) is 21.6. The van der Waals surface area contributed by atoms with Crippen molar-refractivity contribution in [3.8, 4) is 5.75 Å². The first-order valence-electron chi connectivity index (χ1n) is 7.29. The number of nitrogens with zero attached hydrogens (tertiary/aromatic N) is 2. The molecule has 2 fully saturated rings. The molecule has 0 N–H and O–H groups in total. The predicted molar refractivity (Wildman–Crippen MR) is 78.4 cm³/mol. The average Bonchev–Trinajstić information content (AvgIpc) is 2.89. The summed E-state index contributed by atoms with van der Waals surface area (Å²) in [4.78, 5) is 2.48. The Bertz CT molecular complexity index is 442. The predicted octanol–water partition coefficient (Wildman–Crippen LogP) is 2.64. The Hall–Kier alpha value is -1.48. The molecule has 0 aromatic heterocycles. The lowest BCUT2D eigenvalue weighted by Crippen LogP contribution is -2.58. The van der Waals surface area contributed by atoms with Crippen LogP contribution in [0.5, 0.6) is 5.75 Å². The van der Waals surface area contributed by atoms with Gasteiger partial charge >= 0.3 is 0 Å². The van der Waals surface area contributed by atoms with Crippen LogP contribution in [0.3, 0.4) is 0 Å². The molecule has 1 spiro atoms. The topological polar surface area (TPSA) is 12.5 Å². The van der Waals surface area contributed by atoms with E-state index in [1.54, 1.807) is 0 Å². The van der Waals surface area contributed by atoms with Crippen molar-refractivity contribution in [1.29, 1.82) is 0 Å². The molecule has 2 aliphatic heterocycles. The fraction of sp³-hybridized carbons (Fsp3) is 0.500. The fourth-order valence-electron chi connectivity index (χ4n) is 3.45. The second-order valence-corrected chi connectivity index (χ2v) is 5.71. The third-order valence-corrected chi connectivity index (χ3v) is 4.61. The highest BCUT2D eigenvalue weighted by molar-refractivity contribution is 5.51. The first kappa shape index (κ1) is 12.5. The molecule has 0 amide bonds. The Kier molecular flexibility index (Phi) is 3.47. The molecule has 0 radical (unpaired) electrons. The van der Waals surface area contributed by atoms with Gasteiger partial charge in [-0.25, -0.2) is 0 Å². The van der Waals surface area contributed by atoms with Crippen LogP contribution in [0.25, 0.3) is 0 Å². The second-order valence-electron chi connectivity index (χ2n) is 5.71. The third kappa shape index (κ3) is 2.61. The highest BCUT2D eigenvalue weighted by Crippen LogP contribution is 2.27. The number of rotatable bonds is 3. The lowest BCUT2D eigenvalue weighted by molar-refractivity contribution is -0.917. The Morgan fingerprint density at radius 2 is 1.84 bits per heavy atom. The van der Waals surface area contributed by atoms with E-state index in [0.717, 1.165) is 18.8 Å². The summed E-state index contributed by atoms with van der Waals surface area (Å²) in [7, 11) is 0. The minimum atomic E-state index is 0.878. The third-order valence-electron chi connectivity index (χ3n) is 4.61. The zero-order chi connectivity index (χ0) is 13.1. The van der Waals surface area contributed by atoms with Crippen LogP contribution in [0.1, 0.15) is 12.8 Å². The van der Waals surface area contributed by atoms with E-state index in [-0.39, 0.29) is 0 Å². The number of anilines is 1. The molecule has 1 aromatic carbocycles. The van der Waals surface area contributed by atoms with Crippen molar-refractivity contribution < 1.29 is 9.22 Å². The smallest absolute Gasteiger partial charge is 0.128 e. The Labute approximate surface area is 115 Å². The molecule has 3 nitrogen and oxygen atoms in total. The van der Waals surface area contributed by atoms with Crippen molar-refractivity contribution in [2.24, 2.45) is 0 Å². The van der Waals surface area contributed by atoms with E-state index >= 15 is 0 Å². The van der Waals surface area contributed by atoms with Gasteiger partial charge in [0.1, 0.15) is 5.75 Å². The minimum absolute atomic E-state index is 0.878. The van der Waals surface area contributed by atoms with E-state index in [2.05, 4.69) is 29.7 Å². The fourth-order valence-corrected chi connectivity index (χ4v) is 3.45. The molecule has 2 saturated heterocycles. The van der Waals surface area contributed by atoms with Crippen LogP contribution in [-0.4, -0.2) is 43.8 Å². The molecule has 0 bridgehead atoms. The summed E-state index contributed by atoms with van der Waals surface area (Å²) < 4.78 is 6.72. The van der Waals surface area contributed by atoms with Gasteiger partial charge < -0.3 is 14.1 Å². The van der Waals surface area contributed by atoms with Gasteiger partial charge in [0.15, 0.2) is 0 Å². The number of benzene rings is 1. The molecule has 3 heteroatoms. The molecular formula is C16H23N2O+. The summed E-state index contributed by atoms with van der Waals surface area (Å²) >= 11 is 0. The second kappa shape index (κ2) is 5.25. The van der Waals surface area contributed by atoms with E-state index < -0.39 is 0 Å². The Morgan fingerprint density at radius 1 is 1.11 bits per heavy atom. The molecule has 0 aliphatic carbocycles. The first-order valence-corrected chi connectivity index (χ1v) is 7.29. The summed E-state index contributed by atoms with van der Waals surface area (Å²) in [5.41, 5.74) is 1.27. The summed E-state index contributed by atoms with van der Waals surface area (Å²) in [5, 5.41) is 0. The van der Waals surface area contributed by atoms with Gasteiger partial charge in [-0.1, -0.05) is 12.6 Å². The van der Waals surface area contributed by atoms with Crippen LogP contribution < -0.4 is 9.64 Å². The van der Waals surface area contributed by atoms with Crippen molar-refractivity contribution in [1.82, 2.24) is 0 Å². The van der Waals surface area contributed by atoms with E-state index in [0.29, 0.717) is 0 Å². The molecule has 0 atom stereocenters. The highest BCUT2D eigenvalue weighted by Gasteiger charge is 2.35. The average molecular weight is 259 g/mol. The number of hydrogen-bond acceptors (Lipinski definition) is 2. The quantitative estimate of drug-likeness (QED) is 0.611. The number of hydrogen-bond donors (Lipinski definition) is 0. The number of piperazine rings is 1. The number of ether oxygens (including phenoxy) is 1. The lowest BCUT2D eigenvalue weighted by Gasteiger charge is -2.42. The van der Waals surface area contributed by atoms with Gasteiger partial charge in [0, 0.05) is 24.6 Å². The Balaban J connectivity index is 1.67. The molecule has 1 aromatic rings. The van der Waals surface area contributed by atoms with Crippen molar-refractivity contribution in [3.05, 3.63) is 37.1 Å². The van der Waals surface area contributed by atoms with E-state index in [4.69, 9.17) is 4.74 Å².